The van der Waals surface area contributed by atoms with Crippen molar-refractivity contribution in [3.63, 3.8) is 0 Å². The number of aryl methyl sites for hydroxylation is 3. The monoisotopic (exact) mass is 373 g/mol. The first-order chi connectivity index (χ1) is 12.1. The minimum atomic E-state index is -0.182. The highest BCUT2D eigenvalue weighted by molar-refractivity contribution is 7.99. The van der Waals surface area contributed by atoms with Crippen LogP contribution in [-0.2, 0) is 10.3 Å². The van der Waals surface area contributed by atoms with Gasteiger partial charge in [0.1, 0.15) is 0 Å². The lowest BCUT2D eigenvalue weighted by Crippen LogP contribution is -2.24. The molecule has 2 heterocycles. The van der Waals surface area contributed by atoms with E-state index in [0.29, 0.717) is 5.16 Å². The van der Waals surface area contributed by atoms with Crippen molar-refractivity contribution in [1.29, 1.82) is 0 Å². The number of amides is 1. The fourth-order valence-corrected chi connectivity index (χ4v) is 3.79. The number of carbonyl (C=O) groups is 1. The maximum atomic E-state index is 12.0. The van der Waals surface area contributed by atoms with Crippen molar-refractivity contribution in [2.75, 3.05) is 5.75 Å². The third kappa shape index (κ3) is 5.17. The topological polar surface area (TPSA) is 72.2 Å². The van der Waals surface area contributed by atoms with Gasteiger partial charge in [0.05, 0.1) is 12.0 Å². The summed E-state index contributed by atoms with van der Waals surface area (Å²) in [4.78, 5) is 20.6. The normalized spacial score (nSPS) is 12.0. The first kappa shape index (κ1) is 20.2. The molecule has 0 saturated carbocycles. The molecule has 0 fully saturated rings. The number of thioether (sulfide) groups is 1. The highest BCUT2D eigenvalue weighted by atomic mass is 32.2. The first-order valence-corrected chi connectivity index (χ1v) is 9.53. The summed E-state index contributed by atoms with van der Waals surface area (Å²) in [6.45, 7) is 14.5. The number of rotatable bonds is 5. The summed E-state index contributed by atoms with van der Waals surface area (Å²) in [5.74, 6) is 0.0416. The average Bonchev–Trinajstić information content (AvgIpc) is 2.78. The molecule has 26 heavy (non-hydrogen) atoms. The van der Waals surface area contributed by atoms with Crippen LogP contribution in [-0.4, -0.2) is 32.4 Å². The summed E-state index contributed by atoms with van der Waals surface area (Å²) in [6.07, 6.45) is 1.69. The molecule has 0 spiro atoms. The van der Waals surface area contributed by atoms with Gasteiger partial charge in [-0.2, -0.15) is 5.10 Å². The molecule has 0 aromatic carbocycles. The Hall–Kier alpha value is -2.15. The van der Waals surface area contributed by atoms with Gasteiger partial charge in [0.2, 0.25) is 0 Å². The Balaban J connectivity index is 1.95. The van der Waals surface area contributed by atoms with E-state index >= 15 is 0 Å². The minimum absolute atomic E-state index is 0.00604. The van der Waals surface area contributed by atoms with Gasteiger partial charge >= 0.3 is 0 Å². The van der Waals surface area contributed by atoms with Crippen molar-refractivity contribution in [3.8, 4) is 0 Å². The van der Waals surface area contributed by atoms with Crippen LogP contribution in [0, 0.1) is 27.7 Å². The molecule has 0 aliphatic carbocycles. The number of hydrogen-bond acceptors (Lipinski definition) is 5. The van der Waals surface area contributed by atoms with Gasteiger partial charge < -0.3 is 4.57 Å². The summed E-state index contributed by atoms with van der Waals surface area (Å²) in [7, 11) is 0. The molecule has 0 atom stereocenters. The molecule has 1 amide bonds. The number of hydrogen-bond donors (Lipinski definition) is 1. The van der Waals surface area contributed by atoms with Crippen LogP contribution in [0.3, 0.4) is 0 Å². The Labute approximate surface area is 159 Å². The predicted octanol–water partition coefficient (Wildman–Crippen LogP) is 3.51. The Morgan fingerprint density at radius 3 is 2.35 bits per heavy atom. The second kappa shape index (κ2) is 8.03. The van der Waals surface area contributed by atoms with Gasteiger partial charge in [-0.25, -0.2) is 15.4 Å². The van der Waals surface area contributed by atoms with Crippen molar-refractivity contribution < 1.29 is 4.79 Å². The van der Waals surface area contributed by atoms with Gasteiger partial charge in [0, 0.05) is 33.9 Å². The van der Waals surface area contributed by atoms with Crippen molar-refractivity contribution in [1.82, 2.24) is 20.0 Å². The summed E-state index contributed by atoms with van der Waals surface area (Å²) < 4.78 is 2.27. The third-order valence-electron chi connectivity index (χ3n) is 3.83. The second-order valence-electron chi connectivity index (χ2n) is 7.35. The van der Waals surface area contributed by atoms with Gasteiger partial charge in [0.25, 0.3) is 5.91 Å². The molecule has 7 heteroatoms. The Bertz CT molecular complexity index is 813. The lowest BCUT2D eigenvalue weighted by atomic mass is 10.1. The van der Waals surface area contributed by atoms with E-state index in [4.69, 9.17) is 0 Å². The molecule has 2 aromatic rings. The molecule has 6 nitrogen and oxygen atoms in total. The summed E-state index contributed by atoms with van der Waals surface area (Å²) in [6, 6.07) is 3.98. The van der Waals surface area contributed by atoms with E-state index in [1.54, 1.807) is 6.21 Å². The number of aromatic nitrogens is 3. The Kier molecular flexibility index (Phi) is 6.23. The SMILES string of the molecule is Cc1cc(C)nc(SCC(=O)N/N=C\c2cc(C)n(C(C)(C)C)c2C)n1. The van der Waals surface area contributed by atoms with E-state index in [1.165, 1.54) is 17.5 Å². The average molecular weight is 374 g/mol. The zero-order valence-electron chi connectivity index (χ0n) is 16.5. The van der Waals surface area contributed by atoms with E-state index in [1.807, 2.05) is 19.9 Å². The molecule has 0 aliphatic rings. The molecule has 0 bridgehead atoms. The van der Waals surface area contributed by atoms with Crippen LogP contribution >= 0.6 is 11.8 Å². The smallest absolute Gasteiger partial charge is 0.250 e. The van der Waals surface area contributed by atoms with Gasteiger partial charge in [-0.3, -0.25) is 4.79 Å². The van der Waals surface area contributed by atoms with Gasteiger partial charge in [0.15, 0.2) is 5.16 Å². The van der Waals surface area contributed by atoms with E-state index in [2.05, 4.69) is 65.7 Å². The fraction of sp³-hybridized carbons (Fsp3) is 0.474. The molecular weight excluding hydrogens is 346 g/mol. The third-order valence-corrected chi connectivity index (χ3v) is 4.68. The number of nitrogens with one attached hydrogen (secondary N) is 1. The number of carbonyl (C=O) groups excluding carboxylic acids is 1. The zero-order chi connectivity index (χ0) is 19.5. The Morgan fingerprint density at radius 2 is 1.81 bits per heavy atom. The molecule has 2 rings (SSSR count). The van der Waals surface area contributed by atoms with E-state index in [0.717, 1.165) is 22.6 Å². The van der Waals surface area contributed by atoms with Crippen molar-refractivity contribution in [3.05, 3.63) is 40.5 Å². The fourth-order valence-electron chi connectivity index (χ4n) is 3.04. The maximum Gasteiger partial charge on any atom is 0.250 e. The summed E-state index contributed by atoms with van der Waals surface area (Å²) in [5, 5.41) is 4.70. The zero-order valence-corrected chi connectivity index (χ0v) is 17.4. The lowest BCUT2D eigenvalue weighted by Gasteiger charge is -2.25. The summed E-state index contributed by atoms with van der Waals surface area (Å²) >= 11 is 1.30. The molecule has 0 unspecified atom stereocenters. The van der Waals surface area contributed by atoms with Crippen LogP contribution in [0.15, 0.2) is 22.4 Å². The quantitative estimate of drug-likeness (QED) is 0.377. The van der Waals surface area contributed by atoms with Crippen LogP contribution in [0.25, 0.3) is 0 Å². The van der Waals surface area contributed by atoms with Crippen LogP contribution < -0.4 is 5.43 Å². The molecular formula is C19H27N5OS. The molecule has 0 saturated heterocycles. The molecule has 0 radical (unpaired) electrons. The first-order valence-electron chi connectivity index (χ1n) is 8.54. The van der Waals surface area contributed by atoms with Crippen molar-refractivity contribution >= 4 is 23.9 Å². The standard InChI is InChI=1S/C19H27N5OS/c1-12-8-13(2)22-18(21-12)26-11-17(25)23-20-10-16-9-14(3)24(15(16)4)19(5,6)7/h8-10H,11H2,1-7H3,(H,23,25)/b20-10-. The number of hydrazone groups is 1. The number of nitrogens with zero attached hydrogens (tertiary/aromatic N) is 4. The van der Waals surface area contributed by atoms with Crippen LogP contribution in [0.1, 0.15) is 49.1 Å². The molecule has 2 aromatic heterocycles. The molecule has 140 valence electrons. The maximum absolute atomic E-state index is 12.0. The second-order valence-corrected chi connectivity index (χ2v) is 8.29. The largest absolute Gasteiger partial charge is 0.343 e. The summed E-state index contributed by atoms with van der Waals surface area (Å²) in [5.41, 5.74) is 7.67. The van der Waals surface area contributed by atoms with E-state index < -0.39 is 0 Å². The highest BCUT2D eigenvalue weighted by Crippen LogP contribution is 2.23. The minimum Gasteiger partial charge on any atom is -0.343 e. The van der Waals surface area contributed by atoms with E-state index in [9.17, 15) is 4.79 Å². The van der Waals surface area contributed by atoms with Crippen LogP contribution in [0.4, 0.5) is 0 Å². The van der Waals surface area contributed by atoms with Crippen LogP contribution in [0.2, 0.25) is 0 Å². The van der Waals surface area contributed by atoms with Gasteiger partial charge in [-0.15, -0.1) is 0 Å². The van der Waals surface area contributed by atoms with Crippen LogP contribution in [0.5, 0.6) is 0 Å². The van der Waals surface area contributed by atoms with E-state index in [-0.39, 0.29) is 17.2 Å². The van der Waals surface area contributed by atoms with Gasteiger partial charge in [-0.1, -0.05) is 11.8 Å². The molecule has 1 N–H and O–H groups in total. The van der Waals surface area contributed by atoms with Crippen molar-refractivity contribution in [2.45, 2.75) is 59.2 Å². The van der Waals surface area contributed by atoms with Gasteiger partial charge in [-0.05, 0) is 60.6 Å². The molecule has 0 aliphatic heterocycles. The van der Waals surface area contributed by atoms with Crippen molar-refractivity contribution in [2.24, 2.45) is 5.10 Å². The Morgan fingerprint density at radius 1 is 1.19 bits per heavy atom. The predicted molar refractivity (Wildman–Crippen MR) is 107 cm³/mol. The lowest BCUT2D eigenvalue weighted by molar-refractivity contribution is -0.118. The highest BCUT2D eigenvalue weighted by Gasteiger charge is 2.19.